The van der Waals surface area contributed by atoms with Crippen LogP contribution in [-0.2, 0) is 10.4 Å². The minimum atomic E-state index is -4.67. The van der Waals surface area contributed by atoms with Crippen molar-refractivity contribution in [3.63, 3.8) is 0 Å². The van der Waals surface area contributed by atoms with Gasteiger partial charge >= 0.3 is 113 Å². The van der Waals surface area contributed by atoms with Gasteiger partial charge in [-0.05, 0) is 0 Å². The van der Waals surface area contributed by atoms with E-state index in [-0.39, 0.29) is 117 Å². The quantitative estimate of drug-likeness (QED) is 0.309. The molecular weight excluding hydrogens is 210 g/mol. The van der Waals surface area contributed by atoms with Crippen LogP contribution in [0.1, 0.15) is 1.43 Å². The van der Waals surface area contributed by atoms with Gasteiger partial charge in [-0.1, -0.05) is 0 Å². The zero-order chi connectivity index (χ0) is 4.50. The molecular formula is H3ClK2O4S. The summed E-state index contributed by atoms with van der Waals surface area (Å²) < 4.78 is 31.6. The van der Waals surface area contributed by atoms with Crippen molar-refractivity contribution in [3.8, 4) is 0 Å². The predicted molar refractivity (Wildman–Crippen MR) is 15.3 cm³/mol. The van der Waals surface area contributed by atoms with Gasteiger partial charge < -0.3 is 13.8 Å². The first-order chi connectivity index (χ1) is 2.00. The molecule has 0 aromatic heterocycles. The van der Waals surface area contributed by atoms with E-state index in [1.807, 2.05) is 0 Å². The van der Waals surface area contributed by atoms with Crippen LogP contribution in [0.15, 0.2) is 0 Å². The van der Waals surface area contributed by atoms with Gasteiger partial charge in [-0.15, -0.1) is 0 Å². The maximum atomic E-state index is 8.74. The Morgan fingerprint density at radius 1 is 1.12 bits per heavy atom. The Morgan fingerprint density at radius 2 is 1.12 bits per heavy atom. The second kappa shape index (κ2) is 10.4. The Labute approximate surface area is 140 Å². The average molecular weight is 213 g/mol. The molecule has 8 heteroatoms. The molecule has 0 aliphatic heterocycles. The Balaban J connectivity index is -0.0000000133. The molecule has 0 aromatic carbocycles. The molecule has 0 heterocycles. The Hall–Kier alpha value is 3.43. The molecule has 0 unspecified atom stereocenters. The first-order valence-electron chi connectivity index (χ1n) is 0.698. The van der Waals surface area contributed by atoms with Crippen molar-refractivity contribution < 1.29 is 134 Å². The fourth-order valence-electron chi connectivity index (χ4n) is 0. The standard InChI is InChI=1S/ClH.2K.H2O4S.H/c;;;1-5(2,3)4;/h1H;;;(H2,1,2,3,4);/q;2*+1;;-1/p-1. The second-order valence-corrected chi connectivity index (χ2v) is 1.34. The summed E-state index contributed by atoms with van der Waals surface area (Å²) in [7, 11) is -4.67. The van der Waals surface area contributed by atoms with Gasteiger partial charge in [0.2, 0.25) is 0 Å². The van der Waals surface area contributed by atoms with Crippen LogP contribution in [0.4, 0.5) is 0 Å². The van der Waals surface area contributed by atoms with Gasteiger partial charge in [-0.2, -0.15) is 8.42 Å². The van der Waals surface area contributed by atoms with Crippen LogP contribution in [0.3, 0.4) is 0 Å². The van der Waals surface area contributed by atoms with E-state index < -0.39 is 10.4 Å². The van der Waals surface area contributed by atoms with E-state index >= 15 is 0 Å². The normalized spacial score (nSPS) is 7.25. The summed E-state index contributed by atoms with van der Waals surface area (Å²) in [5.41, 5.74) is 0. The van der Waals surface area contributed by atoms with Crippen LogP contribution < -0.4 is 115 Å². The number of hydrogen-bond donors (Lipinski definition) is 2. The van der Waals surface area contributed by atoms with Crippen LogP contribution in [-0.4, -0.2) is 17.5 Å². The van der Waals surface area contributed by atoms with Gasteiger partial charge in [0.15, 0.2) is 0 Å². The van der Waals surface area contributed by atoms with E-state index in [0.717, 1.165) is 0 Å². The molecule has 0 fully saturated rings. The third kappa shape index (κ3) is 56.9. The summed E-state index contributed by atoms with van der Waals surface area (Å²) in [5.74, 6) is 0. The molecule has 2 N–H and O–H groups in total. The third-order valence-electron chi connectivity index (χ3n) is 0. The molecule has 0 saturated heterocycles. The van der Waals surface area contributed by atoms with Crippen molar-refractivity contribution in [1.29, 1.82) is 0 Å². The molecule has 0 aliphatic rings. The van der Waals surface area contributed by atoms with Crippen LogP contribution in [0.25, 0.3) is 0 Å². The Bertz CT molecular complexity index is 102. The minimum absolute atomic E-state index is 0. The summed E-state index contributed by atoms with van der Waals surface area (Å²) in [5, 5.41) is 0. The summed E-state index contributed by atoms with van der Waals surface area (Å²) >= 11 is 0. The van der Waals surface area contributed by atoms with Gasteiger partial charge in [0, 0.05) is 0 Å². The monoisotopic (exact) mass is 212 g/mol. The van der Waals surface area contributed by atoms with Crippen molar-refractivity contribution in [2.24, 2.45) is 0 Å². The Kier molecular flexibility index (Phi) is 29.4. The number of rotatable bonds is 0. The van der Waals surface area contributed by atoms with E-state index in [2.05, 4.69) is 0 Å². The maximum Gasteiger partial charge on any atom is 1.00 e. The van der Waals surface area contributed by atoms with Gasteiger partial charge in [0.1, 0.15) is 0 Å². The van der Waals surface area contributed by atoms with E-state index in [4.69, 9.17) is 17.5 Å². The topological polar surface area (TPSA) is 74.6 Å². The fraction of sp³-hybridized carbons (Fsp3) is 0. The summed E-state index contributed by atoms with van der Waals surface area (Å²) in [6, 6.07) is 0. The smallest absolute Gasteiger partial charge is 1.00 e. The van der Waals surface area contributed by atoms with Gasteiger partial charge in [0.05, 0.1) is 0 Å². The van der Waals surface area contributed by atoms with E-state index in [0.29, 0.717) is 0 Å². The van der Waals surface area contributed by atoms with Crippen molar-refractivity contribution in [1.82, 2.24) is 0 Å². The predicted octanol–water partition coefficient (Wildman–Crippen LogP) is -9.53. The molecule has 0 rings (SSSR count). The van der Waals surface area contributed by atoms with E-state index in [1.165, 1.54) is 0 Å². The molecule has 0 atom stereocenters. The van der Waals surface area contributed by atoms with E-state index in [9.17, 15) is 0 Å². The van der Waals surface area contributed by atoms with Crippen molar-refractivity contribution in [2.75, 3.05) is 0 Å². The minimum Gasteiger partial charge on any atom is -1.00 e. The molecule has 0 aromatic rings. The van der Waals surface area contributed by atoms with Crippen molar-refractivity contribution in [2.45, 2.75) is 0 Å². The molecule has 0 spiro atoms. The van der Waals surface area contributed by atoms with E-state index in [1.54, 1.807) is 0 Å². The largest absolute Gasteiger partial charge is 1.00 e. The SMILES string of the molecule is O=S(=O)(O)O.[Cl-].[H-].[K+].[K+]. The first kappa shape index (κ1) is 22.5. The second-order valence-electron chi connectivity index (χ2n) is 0.448. The maximum absolute atomic E-state index is 8.74. The zero-order valence-corrected chi connectivity index (χ0v) is 12.3. The third-order valence-corrected chi connectivity index (χ3v) is 0. The molecule has 0 saturated carbocycles. The molecule has 0 amide bonds. The molecule has 0 aliphatic carbocycles. The number of halogens is 1. The van der Waals surface area contributed by atoms with Crippen molar-refractivity contribution in [3.05, 3.63) is 0 Å². The molecule has 0 bridgehead atoms. The molecule has 0 radical (unpaired) electrons. The average Bonchev–Trinajstić information content (AvgIpc) is 0.722. The summed E-state index contributed by atoms with van der Waals surface area (Å²) in [6.07, 6.45) is 0. The molecule has 4 nitrogen and oxygen atoms in total. The van der Waals surface area contributed by atoms with Crippen LogP contribution >= 0.6 is 0 Å². The Morgan fingerprint density at radius 3 is 1.12 bits per heavy atom. The zero-order valence-electron chi connectivity index (χ0n) is 5.50. The first-order valence-corrected chi connectivity index (χ1v) is 2.10. The van der Waals surface area contributed by atoms with Crippen LogP contribution in [0.2, 0.25) is 0 Å². The fourth-order valence-corrected chi connectivity index (χ4v) is 0. The van der Waals surface area contributed by atoms with Gasteiger partial charge in [0.25, 0.3) is 0 Å². The van der Waals surface area contributed by atoms with Crippen LogP contribution in [0.5, 0.6) is 0 Å². The van der Waals surface area contributed by atoms with Gasteiger partial charge in [-0.3, -0.25) is 9.11 Å². The van der Waals surface area contributed by atoms with Crippen molar-refractivity contribution >= 4 is 10.4 Å². The summed E-state index contributed by atoms with van der Waals surface area (Å²) in [6.45, 7) is 0. The van der Waals surface area contributed by atoms with Gasteiger partial charge in [-0.25, -0.2) is 0 Å². The number of hydrogen-bond acceptors (Lipinski definition) is 2. The summed E-state index contributed by atoms with van der Waals surface area (Å²) in [4.78, 5) is 0. The molecule has 42 valence electrons. The molecule has 8 heavy (non-hydrogen) atoms. The van der Waals surface area contributed by atoms with Crippen LogP contribution in [0, 0.1) is 0 Å².